The SMILES string of the molecule is NCC(NC(=O)Cc1cc(F)ccc1F)C1CC1. The van der Waals surface area contributed by atoms with Crippen molar-refractivity contribution in [1.82, 2.24) is 5.32 Å². The van der Waals surface area contributed by atoms with Gasteiger partial charge in [0.25, 0.3) is 0 Å². The van der Waals surface area contributed by atoms with Crippen LogP contribution < -0.4 is 11.1 Å². The van der Waals surface area contributed by atoms with Gasteiger partial charge in [0.05, 0.1) is 6.42 Å². The topological polar surface area (TPSA) is 55.1 Å². The lowest BCUT2D eigenvalue weighted by atomic mass is 10.1. The molecule has 5 heteroatoms. The molecule has 0 radical (unpaired) electrons. The van der Waals surface area contributed by atoms with Gasteiger partial charge in [0.15, 0.2) is 0 Å². The number of nitrogens with one attached hydrogen (secondary N) is 1. The summed E-state index contributed by atoms with van der Waals surface area (Å²) in [7, 11) is 0. The van der Waals surface area contributed by atoms with Gasteiger partial charge in [-0.1, -0.05) is 0 Å². The Morgan fingerprint density at radius 3 is 2.78 bits per heavy atom. The highest BCUT2D eigenvalue weighted by Gasteiger charge is 2.31. The molecular weight excluding hydrogens is 238 g/mol. The molecule has 0 bridgehead atoms. The van der Waals surface area contributed by atoms with E-state index in [0.717, 1.165) is 31.0 Å². The molecule has 0 heterocycles. The van der Waals surface area contributed by atoms with Crippen LogP contribution in [0.25, 0.3) is 0 Å². The van der Waals surface area contributed by atoms with E-state index in [2.05, 4.69) is 5.32 Å². The predicted molar refractivity (Wildman–Crippen MR) is 63.8 cm³/mol. The van der Waals surface area contributed by atoms with Crippen molar-refractivity contribution in [3.63, 3.8) is 0 Å². The molecule has 1 aromatic rings. The molecule has 1 aromatic carbocycles. The van der Waals surface area contributed by atoms with Crippen molar-refractivity contribution in [2.45, 2.75) is 25.3 Å². The van der Waals surface area contributed by atoms with Crippen LogP contribution in [0.1, 0.15) is 18.4 Å². The molecule has 1 saturated carbocycles. The van der Waals surface area contributed by atoms with Gasteiger partial charge in [0.1, 0.15) is 11.6 Å². The molecule has 0 saturated heterocycles. The molecule has 0 spiro atoms. The van der Waals surface area contributed by atoms with E-state index in [1.54, 1.807) is 0 Å². The van der Waals surface area contributed by atoms with Gasteiger partial charge in [0.2, 0.25) is 5.91 Å². The van der Waals surface area contributed by atoms with E-state index in [9.17, 15) is 13.6 Å². The molecule has 0 aromatic heterocycles. The van der Waals surface area contributed by atoms with Crippen molar-refractivity contribution < 1.29 is 13.6 Å². The molecule has 1 amide bonds. The first-order valence-electron chi connectivity index (χ1n) is 6.03. The van der Waals surface area contributed by atoms with Crippen LogP contribution in [0.3, 0.4) is 0 Å². The van der Waals surface area contributed by atoms with Gasteiger partial charge in [0, 0.05) is 18.2 Å². The van der Waals surface area contributed by atoms with Crippen molar-refractivity contribution in [2.75, 3.05) is 6.54 Å². The van der Waals surface area contributed by atoms with Crippen LogP contribution in [0, 0.1) is 17.6 Å². The smallest absolute Gasteiger partial charge is 0.224 e. The van der Waals surface area contributed by atoms with Gasteiger partial charge in [-0.15, -0.1) is 0 Å². The number of amides is 1. The minimum absolute atomic E-state index is 0.0471. The van der Waals surface area contributed by atoms with E-state index in [4.69, 9.17) is 5.73 Å². The number of nitrogens with two attached hydrogens (primary N) is 1. The lowest BCUT2D eigenvalue weighted by Crippen LogP contribution is -2.42. The number of hydrogen-bond acceptors (Lipinski definition) is 2. The normalized spacial score (nSPS) is 16.4. The molecule has 18 heavy (non-hydrogen) atoms. The van der Waals surface area contributed by atoms with Gasteiger partial charge in [-0.2, -0.15) is 0 Å². The second kappa shape index (κ2) is 5.44. The first kappa shape index (κ1) is 13.0. The highest BCUT2D eigenvalue weighted by atomic mass is 19.1. The van der Waals surface area contributed by atoms with Gasteiger partial charge in [-0.25, -0.2) is 8.78 Å². The number of halogens is 2. The largest absolute Gasteiger partial charge is 0.352 e. The minimum atomic E-state index is -0.567. The number of carbonyl (C=O) groups excluding carboxylic acids is 1. The van der Waals surface area contributed by atoms with E-state index in [1.807, 2.05) is 0 Å². The second-order valence-electron chi connectivity index (χ2n) is 4.66. The average Bonchev–Trinajstić information content (AvgIpc) is 3.15. The quantitative estimate of drug-likeness (QED) is 0.833. The number of benzene rings is 1. The Morgan fingerprint density at radius 2 is 2.17 bits per heavy atom. The maximum Gasteiger partial charge on any atom is 0.224 e. The molecule has 0 aliphatic heterocycles. The van der Waals surface area contributed by atoms with Crippen molar-refractivity contribution in [2.24, 2.45) is 11.7 Å². The summed E-state index contributed by atoms with van der Waals surface area (Å²) in [5.41, 5.74) is 5.63. The van der Waals surface area contributed by atoms with Gasteiger partial charge < -0.3 is 11.1 Å². The summed E-state index contributed by atoms with van der Waals surface area (Å²) in [6.45, 7) is 0.377. The summed E-state index contributed by atoms with van der Waals surface area (Å²) in [6.07, 6.45) is 1.97. The van der Waals surface area contributed by atoms with Crippen LogP contribution in [0.15, 0.2) is 18.2 Å². The lowest BCUT2D eigenvalue weighted by Gasteiger charge is -2.16. The monoisotopic (exact) mass is 254 g/mol. The molecule has 1 aliphatic rings. The molecule has 1 unspecified atom stereocenters. The van der Waals surface area contributed by atoms with Crippen molar-refractivity contribution in [1.29, 1.82) is 0 Å². The average molecular weight is 254 g/mol. The molecule has 1 aliphatic carbocycles. The molecule has 1 atom stereocenters. The van der Waals surface area contributed by atoms with Gasteiger partial charge in [-0.05, 0) is 37.0 Å². The Hall–Kier alpha value is -1.49. The molecule has 1 fully saturated rings. The predicted octanol–water partition coefficient (Wildman–Crippen LogP) is 1.36. The zero-order valence-corrected chi connectivity index (χ0v) is 9.96. The highest BCUT2D eigenvalue weighted by Crippen LogP contribution is 2.32. The van der Waals surface area contributed by atoms with Crippen LogP contribution in [0.5, 0.6) is 0 Å². The van der Waals surface area contributed by atoms with E-state index in [-0.39, 0.29) is 23.9 Å². The highest BCUT2D eigenvalue weighted by molar-refractivity contribution is 5.79. The van der Waals surface area contributed by atoms with Gasteiger partial charge >= 0.3 is 0 Å². The number of carbonyl (C=O) groups is 1. The maximum atomic E-state index is 13.3. The van der Waals surface area contributed by atoms with E-state index < -0.39 is 11.6 Å². The van der Waals surface area contributed by atoms with E-state index >= 15 is 0 Å². The first-order chi connectivity index (χ1) is 8.60. The molecule has 2 rings (SSSR count). The summed E-state index contributed by atoms with van der Waals surface area (Å²) < 4.78 is 26.3. The van der Waals surface area contributed by atoms with Crippen molar-refractivity contribution in [3.8, 4) is 0 Å². The summed E-state index contributed by atoms with van der Waals surface area (Å²) in [5.74, 6) is -0.989. The van der Waals surface area contributed by atoms with Crippen LogP contribution >= 0.6 is 0 Å². The zero-order chi connectivity index (χ0) is 13.1. The Bertz CT molecular complexity index is 447. The molecule has 98 valence electrons. The Morgan fingerprint density at radius 1 is 1.44 bits per heavy atom. The van der Waals surface area contributed by atoms with E-state index in [0.29, 0.717) is 12.5 Å². The minimum Gasteiger partial charge on any atom is -0.352 e. The Balaban J connectivity index is 1.95. The van der Waals surface area contributed by atoms with Crippen LogP contribution in [-0.4, -0.2) is 18.5 Å². The summed E-state index contributed by atoms with van der Waals surface area (Å²) in [6, 6.07) is 3.06. The van der Waals surface area contributed by atoms with Gasteiger partial charge in [-0.3, -0.25) is 4.79 Å². The molecular formula is C13H16F2N2O. The standard InChI is InChI=1S/C13H16F2N2O/c14-10-3-4-11(15)9(5-10)6-13(18)17-12(7-16)8-1-2-8/h3-5,8,12H,1-2,6-7,16H2,(H,17,18). The second-order valence-corrected chi connectivity index (χ2v) is 4.66. The maximum absolute atomic E-state index is 13.3. The van der Waals surface area contributed by atoms with E-state index in [1.165, 1.54) is 0 Å². The summed E-state index contributed by atoms with van der Waals surface area (Å²) in [5, 5.41) is 2.77. The summed E-state index contributed by atoms with van der Waals surface area (Å²) in [4.78, 5) is 11.7. The third kappa shape index (κ3) is 3.26. The fraction of sp³-hybridized carbons (Fsp3) is 0.462. The Labute approximate surface area is 104 Å². The third-order valence-corrected chi connectivity index (χ3v) is 3.15. The number of rotatable bonds is 5. The Kier molecular flexibility index (Phi) is 3.91. The van der Waals surface area contributed by atoms with Crippen LogP contribution in [0.4, 0.5) is 8.78 Å². The fourth-order valence-electron chi connectivity index (χ4n) is 1.98. The lowest BCUT2D eigenvalue weighted by molar-refractivity contribution is -0.121. The fourth-order valence-corrected chi connectivity index (χ4v) is 1.98. The number of hydrogen-bond donors (Lipinski definition) is 2. The van der Waals surface area contributed by atoms with Crippen LogP contribution in [0.2, 0.25) is 0 Å². The van der Waals surface area contributed by atoms with Crippen molar-refractivity contribution in [3.05, 3.63) is 35.4 Å². The third-order valence-electron chi connectivity index (χ3n) is 3.15. The zero-order valence-electron chi connectivity index (χ0n) is 9.96. The molecule has 3 nitrogen and oxygen atoms in total. The van der Waals surface area contributed by atoms with Crippen LogP contribution in [-0.2, 0) is 11.2 Å². The first-order valence-corrected chi connectivity index (χ1v) is 6.03. The van der Waals surface area contributed by atoms with Crippen molar-refractivity contribution >= 4 is 5.91 Å². The molecule has 3 N–H and O–H groups in total. The summed E-state index contributed by atoms with van der Waals surface area (Å²) >= 11 is 0.